The maximum absolute atomic E-state index is 12.9. The number of benzene rings is 2. The number of rotatable bonds is 6. The summed E-state index contributed by atoms with van der Waals surface area (Å²) in [4.78, 5) is 13.0. The first-order valence-corrected chi connectivity index (χ1v) is 10.0. The number of hydrogen-bond acceptors (Lipinski definition) is 5. The Morgan fingerprint density at radius 3 is 2.44 bits per heavy atom. The highest BCUT2D eigenvalue weighted by Crippen LogP contribution is 2.31. The van der Waals surface area contributed by atoms with Gasteiger partial charge in [-0.2, -0.15) is 4.31 Å². The van der Waals surface area contributed by atoms with E-state index in [1.807, 2.05) is 0 Å². The molecule has 1 aliphatic heterocycles. The van der Waals surface area contributed by atoms with Crippen molar-refractivity contribution in [1.82, 2.24) is 4.31 Å². The Labute approximate surface area is 158 Å². The SMILES string of the molecule is COc1ccc(NC(=O)C2CCCN2S(=O)(=O)c2ccccc2)cc1OC. The first-order valence-electron chi connectivity index (χ1n) is 8.57. The van der Waals surface area contributed by atoms with E-state index in [2.05, 4.69) is 5.32 Å². The molecule has 144 valence electrons. The van der Waals surface area contributed by atoms with Gasteiger partial charge in [-0.1, -0.05) is 18.2 Å². The Hall–Kier alpha value is -2.58. The van der Waals surface area contributed by atoms with E-state index in [4.69, 9.17) is 9.47 Å². The van der Waals surface area contributed by atoms with E-state index in [0.717, 1.165) is 0 Å². The molecule has 0 radical (unpaired) electrons. The standard InChI is InChI=1S/C19H22N2O5S/c1-25-17-11-10-14(13-18(17)26-2)20-19(22)16-9-6-12-21(16)27(23,24)15-7-4-3-5-8-15/h3-5,7-8,10-11,13,16H,6,9,12H2,1-2H3,(H,20,22). The van der Waals surface area contributed by atoms with Gasteiger partial charge in [-0.3, -0.25) is 4.79 Å². The summed E-state index contributed by atoms with van der Waals surface area (Å²) in [5, 5.41) is 2.78. The molecule has 0 bridgehead atoms. The van der Waals surface area contributed by atoms with Gasteiger partial charge in [-0.05, 0) is 37.1 Å². The Bertz CT molecular complexity index is 915. The predicted octanol–water partition coefficient (Wildman–Crippen LogP) is 2.50. The van der Waals surface area contributed by atoms with Crippen LogP contribution in [0.2, 0.25) is 0 Å². The number of methoxy groups -OCH3 is 2. The van der Waals surface area contributed by atoms with Crippen molar-refractivity contribution in [3.05, 3.63) is 48.5 Å². The molecular formula is C19H22N2O5S. The fraction of sp³-hybridized carbons (Fsp3) is 0.316. The van der Waals surface area contributed by atoms with Crippen LogP contribution < -0.4 is 14.8 Å². The van der Waals surface area contributed by atoms with Crippen LogP contribution in [0.3, 0.4) is 0 Å². The van der Waals surface area contributed by atoms with Crippen LogP contribution in [0.25, 0.3) is 0 Å². The van der Waals surface area contributed by atoms with Crippen molar-refractivity contribution in [3.63, 3.8) is 0 Å². The van der Waals surface area contributed by atoms with Crippen LogP contribution in [0.15, 0.2) is 53.4 Å². The molecule has 0 spiro atoms. The van der Waals surface area contributed by atoms with Crippen LogP contribution in [0.1, 0.15) is 12.8 Å². The Morgan fingerprint density at radius 2 is 1.78 bits per heavy atom. The number of carbonyl (C=O) groups excluding carboxylic acids is 1. The molecule has 0 aromatic heterocycles. The van der Waals surface area contributed by atoms with Gasteiger partial charge in [-0.15, -0.1) is 0 Å². The van der Waals surface area contributed by atoms with Crippen LogP contribution in [0.5, 0.6) is 11.5 Å². The minimum atomic E-state index is -3.72. The van der Waals surface area contributed by atoms with Crippen molar-refractivity contribution in [2.45, 2.75) is 23.8 Å². The number of nitrogens with zero attached hydrogens (tertiary/aromatic N) is 1. The molecule has 3 rings (SSSR count). The minimum absolute atomic E-state index is 0.191. The summed E-state index contributed by atoms with van der Waals surface area (Å²) in [6.07, 6.45) is 1.11. The van der Waals surface area contributed by atoms with E-state index in [1.54, 1.807) is 36.4 Å². The number of hydrogen-bond donors (Lipinski definition) is 1. The Kier molecular flexibility index (Phi) is 5.67. The molecule has 1 fully saturated rings. The average Bonchev–Trinajstić information content (AvgIpc) is 3.19. The molecule has 7 nitrogen and oxygen atoms in total. The topological polar surface area (TPSA) is 84.9 Å². The first kappa shape index (κ1) is 19.2. The summed E-state index contributed by atoms with van der Waals surface area (Å²) < 4.78 is 37.5. The summed E-state index contributed by atoms with van der Waals surface area (Å²) in [6, 6.07) is 12.4. The van der Waals surface area contributed by atoms with Gasteiger partial charge >= 0.3 is 0 Å². The highest BCUT2D eigenvalue weighted by molar-refractivity contribution is 7.89. The van der Waals surface area contributed by atoms with Crippen LogP contribution in [0.4, 0.5) is 5.69 Å². The molecule has 1 aliphatic rings. The van der Waals surface area contributed by atoms with Crippen LogP contribution in [-0.4, -0.2) is 45.4 Å². The van der Waals surface area contributed by atoms with Gasteiger partial charge in [0, 0.05) is 18.3 Å². The molecule has 2 aromatic rings. The summed E-state index contributed by atoms with van der Waals surface area (Å²) in [7, 11) is -0.684. The molecule has 1 unspecified atom stereocenters. The fourth-order valence-electron chi connectivity index (χ4n) is 3.16. The average molecular weight is 390 g/mol. The lowest BCUT2D eigenvalue weighted by molar-refractivity contribution is -0.119. The molecule has 2 aromatic carbocycles. The van der Waals surface area contributed by atoms with Crippen LogP contribution >= 0.6 is 0 Å². The molecule has 1 atom stereocenters. The normalized spacial score (nSPS) is 17.5. The van der Waals surface area contributed by atoms with Gasteiger partial charge < -0.3 is 14.8 Å². The fourth-order valence-corrected chi connectivity index (χ4v) is 4.83. The second kappa shape index (κ2) is 7.98. The minimum Gasteiger partial charge on any atom is -0.493 e. The summed E-state index contributed by atoms with van der Waals surface area (Å²) in [5.74, 6) is 0.666. The van der Waals surface area contributed by atoms with Gasteiger partial charge in [0.05, 0.1) is 19.1 Å². The third kappa shape index (κ3) is 3.91. The van der Waals surface area contributed by atoms with Crippen LogP contribution in [-0.2, 0) is 14.8 Å². The van der Waals surface area contributed by atoms with Crippen molar-refractivity contribution >= 4 is 21.6 Å². The monoisotopic (exact) mass is 390 g/mol. The molecule has 1 saturated heterocycles. The maximum Gasteiger partial charge on any atom is 0.243 e. The van der Waals surface area contributed by atoms with E-state index in [9.17, 15) is 13.2 Å². The molecule has 1 heterocycles. The lowest BCUT2D eigenvalue weighted by Crippen LogP contribution is -2.43. The number of nitrogens with one attached hydrogen (secondary N) is 1. The smallest absolute Gasteiger partial charge is 0.243 e. The quantitative estimate of drug-likeness (QED) is 0.819. The number of anilines is 1. The van der Waals surface area contributed by atoms with Gasteiger partial charge in [0.15, 0.2) is 11.5 Å². The number of sulfonamides is 1. The molecule has 27 heavy (non-hydrogen) atoms. The van der Waals surface area contributed by atoms with Gasteiger partial charge in [0.2, 0.25) is 15.9 Å². The third-order valence-corrected chi connectivity index (χ3v) is 6.43. The third-order valence-electron chi connectivity index (χ3n) is 4.51. The van der Waals surface area contributed by atoms with E-state index in [1.165, 1.54) is 30.7 Å². The number of carbonyl (C=O) groups is 1. The zero-order valence-electron chi connectivity index (χ0n) is 15.2. The molecular weight excluding hydrogens is 368 g/mol. The van der Waals surface area contributed by atoms with Crippen molar-refractivity contribution in [3.8, 4) is 11.5 Å². The first-order chi connectivity index (χ1) is 13.0. The lowest BCUT2D eigenvalue weighted by atomic mass is 10.2. The largest absolute Gasteiger partial charge is 0.493 e. The molecule has 8 heteroatoms. The van der Waals surface area contributed by atoms with E-state index in [-0.39, 0.29) is 10.8 Å². The van der Waals surface area contributed by atoms with Crippen molar-refractivity contribution in [2.75, 3.05) is 26.1 Å². The second-order valence-electron chi connectivity index (χ2n) is 6.15. The van der Waals surface area contributed by atoms with E-state index >= 15 is 0 Å². The van der Waals surface area contributed by atoms with Crippen molar-refractivity contribution in [2.24, 2.45) is 0 Å². The highest BCUT2D eigenvalue weighted by atomic mass is 32.2. The Balaban J connectivity index is 1.80. The van der Waals surface area contributed by atoms with Gasteiger partial charge in [0.25, 0.3) is 0 Å². The molecule has 0 aliphatic carbocycles. The van der Waals surface area contributed by atoms with Gasteiger partial charge in [-0.25, -0.2) is 8.42 Å². The van der Waals surface area contributed by atoms with Crippen molar-refractivity contribution < 1.29 is 22.7 Å². The second-order valence-corrected chi connectivity index (χ2v) is 8.04. The molecule has 1 N–H and O–H groups in total. The highest BCUT2D eigenvalue weighted by Gasteiger charge is 2.39. The zero-order valence-corrected chi connectivity index (χ0v) is 16.0. The molecule has 1 amide bonds. The van der Waals surface area contributed by atoms with Crippen molar-refractivity contribution in [1.29, 1.82) is 0 Å². The molecule has 0 saturated carbocycles. The van der Waals surface area contributed by atoms with Gasteiger partial charge in [0.1, 0.15) is 6.04 Å². The maximum atomic E-state index is 12.9. The number of amides is 1. The summed E-state index contributed by atoms with van der Waals surface area (Å²) >= 11 is 0. The van der Waals surface area contributed by atoms with E-state index in [0.29, 0.717) is 36.6 Å². The Morgan fingerprint density at radius 1 is 1.07 bits per heavy atom. The predicted molar refractivity (Wildman–Crippen MR) is 102 cm³/mol. The lowest BCUT2D eigenvalue weighted by Gasteiger charge is -2.23. The van der Waals surface area contributed by atoms with E-state index < -0.39 is 16.1 Å². The summed E-state index contributed by atoms with van der Waals surface area (Å²) in [5.41, 5.74) is 0.515. The number of ether oxygens (including phenoxy) is 2. The zero-order chi connectivity index (χ0) is 19.4. The van der Waals surface area contributed by atoms with Crippen LogP contribution in [0, 0.1) is 0 Å². The summed E-state index contributed by atoms with van der Waals surface area (Å²) in [6.45, 7) is 0.321.